The molecule has 0 aliphatic heterocycles. The predicted molar refractivity (Wildman–Crippen MR) is 69.3 cm³/mol. The zero-order valence-corrected chi connectivity index (χ0v) is 11.3. The first-order chi connectivity index (χ1) is 7.58. The van der Waals surface area contributed by atoms with Gasteiger partial charge in [-0.15, -0.1) is 23.2 Å². The molecule has 0 fully saturated rings. The minimum Gasteiger partial charge on any atom is -0.207 e. The van der Waals surface area contributed by atoms with E-state index < -0.39 is 0 Å². The van der Waals surface area contributed by atoms with E-state index in [1.165, 1.54) is 6.07 Å². The summed E-state index contributed by atoms with van der Waals surface area (Å²) >= 11 is 17.8. The average molecular weight is 284 g/mol. The molecular formula is C12H14Cl3F. The first-order valence-electron chi connectivity index (χ1n) is 5.13. The van der Waals surface area contributed by atoms with Crippen LogP contribution in [0.25, 0.3) is 0 Å². The van der Waals surface area contributed by atoms with Crippen LogP contribution in [0.15, 0.2) is 18.2 Å². The fraction of sp³-hybridized carbons (Fsp3) is 0.500. The fourth-order valence-corrected chi connectivity index (χ4v) is 2.60. The van der Waals surface area contributed by atoms with E-state index in [9.17, 15) is 4.39 Å². The average Bonchev–Trinajstić information content (AvgIpc) is 2.30. The van der Waals surface area contributed by atoms with Gasteiger partial charge in [0, 0.05) is 27.8 Å². The smallest absolute Gasteiger partial charge is 0.127 e. The van der Waals surface area contributed by atoms with Crippen molar-refractivity contribution in [3.63, 3.8) is 0 Å². The summed E-state index contributed by atoms with van der Waals surface area (Å²) in [6.07, 6.45) is 1.27. The van der Waals surface area contributed by atoms with Gasteiger partial charge < -0.3 is 0 Å². The molecule has 0 saturated carbocycles. The summed E-state index contributed by atoms with van der Waals surface area (Å²) < 4.78 is 13.6. The number of alkyl halides is 2. The van der Waals surface area contributed by atoms with Gasteiger partial charge >= 0.3 is 0 Å². The molecule has 0 amide bonds. The third-order valence-corrected chi connectivity index (χ3v) is 4.42. The largest absolute Gasteiger partial charge is 0.207 e. The predicted octanol–water partition coefficient (Wildman–Crippen LogP) is 4.90. The van der Waals surface area contributed by atoms with E-state index in [0.717, 1.165) is 6.42 Å². The Kier molecular flexibility index (Phi) is 5.36. The molecule has 0 aliphatic rings. The zero-order valence-electron chi connectivity index (χ0n) is 9.07. The van der Waals surface area contributed by atoms with Crippen molar-refractivity contribution in [2.75, 3.05) is 11.8 Å². The van der Waals surface area contributed by atoms with Crippen LogP contribution in [0, 0.1) is 11.2 Å². The molecule has 0 radical (unpaired) electrons. The molecule has 0 N–H and O–H groups in total. The molecule has 0 aromatic heterocycles. The van der Waals surface area contributed by atoms with Crippen molar-refractivity contribution in [1.82, 2.24) is 0 Å². The number of hydrogen-bond acceptors (Lipinski definition) is 0. The molecule has 1 rings (SSSR count). The van der Waals surface area contributed by atoms with Crippen molar-refractivity contribution < 1.29 is 4.39 Å². The van der Waals surface area contributed by atoms with Crippen molar-refractivity contribution >= 4 is 34.8 Å². The molecule has 0 aliphatic carbocycles. The first kappa shape index (κ1) is 14.1. The summed E-state index contributed by atoms with van der Waals surface area (Å²) in [6.45, 7) is 2.00. The van der Waals surface area contributed by atoms with Gasteiger partial charge in [-0.1, -0.05) is 24.6 Å². The Morgan fingerprint density at radius 3 is 2.31 bits per heavy atom. The van der Waals surface area contributed by atoms with Crippen LogP contribution in [0.5, 0.6) is 0 Å². The van der Waals surface area contributed by atoms with Crippen LogP contribution in [0.1, 0.15) is 18.9 Å². The molecule has 4 heteroatoms. The number of hydrogen-bond donors (Lipinski definition) is 0. The van der Waals surface area contributed by atoms with E-state index >= 15 is 0 Å². The fourth-order valence-electron chi connectivity index (χ4n) is 1.52. The molecule has 0 unspecified atom stereocenters. The second-order valence-electron chi connectivity index (χ2n) is 4.00. The highest BCUT2D eigenvalue weighted by molar-refractivity contribution is 6.31. The normalized spacial score (nSPS) is 11.8. The topological polar surface area (TPSA) is 0 Å². The Morgan fingerprint density at radius 2 is 1.88 bits per heavy atom. The lowest BCUT2D eigenvalue weighted by Crippen LogP contribution is -2.27. The summed E-state index contributed by atoms with van der Waals surface area (Å²) in [7, 11) is 0. The molecule has 16 heavy (non-hydrogen) atoms. The maximum Gasteiger partial charge on any atom is 0.127 e. The summed E-state index contributed by atoms with van der Waals surface area (Å²) in [5, 5.41) is 0.438. The Bertz CT molecular complexity index is 320. The van der Waals surface area contributed by atoms with Crippen LogP contribution in [0.3, 0.4) is 0 Å². The molecule has 0 atom stereocenters. The van der Waals surface area contributed by atoms with Gasteiger partial charge in [0.25, 0.3) is 0 Å². The van der Waals surface area contributed by atoms with Crippen molar-refractivity contribution in [3.8, 4) is 0 Å². The highest BCUT2D eigenvalue weighted by atomic mass is 35.5. The Hall–Kier alpha value is 0.0200. The van der Waals surface area contributed by atoms with Gasteiger partial charge in [-0.2, -0.15) is 0 Å². The van der Waals surface area contributed by atoms with E-state index in [4.69, 9.17) is 34.8 Å². The quantitative estimate of drug-likeness (QED) is 0.675. The summed E-state index contributed by atoms with van der Waals surface area (Å²) in [5.41, 5.74) is 0.224. The van der Waals surface area contributed by atoms with E-state index in [0.29, 0.717) is 28.8 Å². The SMILES string of the molecule is CCC(CCl)(CCl)Cc1c(F)cccc1Cl. The maximum atomic E-state index is 13.6. The van der Waals surface area contributed by atoms with E-state index in [2.05, 4.69) is 0 Å². The van der Waals surface area contributed by atoms with E-state index in [1.807, 2.05) is 6.92 Å². The Labute approximate surface area is 111 Å². The molecule has 1 aromatic carbocycles. The first-order valence-corrected chi connectivity index (χ1v) is 6.58. The number of benzene rings is 1. The number of halogens is 4. The summed E-state index contributed by atoms with van der Waals surface area (Å²) in [4.78, 5) is 0. The zero-order chi connectivity index (χ0) is 12.2. The van der Waals surface area contributed by atoms with Gasteiger partial charge in [-0.25, -0.2) is 4.39 Å². The summed E-state index contributed by atoms with van der Waals surface area (Å²) in [5.74, 6) is 0.510. The van der Waals surface area contributed by atoms with Crippen LogP contribution in [0.4, 0.5) is 4.39 Å². The van der Waals surface area contributed by atoms with E-state index in [1.54, 1.807) is 12.1 Å². The van der Waals surface area contributed by atoms with Crippen LogP contribution in [-0.4, -0.2) is 11.8 Å². The van der Waals surface area contributed by atoms with Gasteiger partial charge in [0.2, 0.25) is 0 Å². The lowest BCUT2D eigenvalue weighted by atomic mass is 9.82. The molecule has 90 valence electrons. The molecule has 0 spiro atoms. The van der Waals surface area contributed by atoms with Crippen LogP contribution in [-0.2, 0) is 6.42 Å². The van der Waals surface area contributed by atoms with Gasteiger partial charge in [0.05, 0.1) is 0 Å². The van der Waals surface area contributed by atoms with Crippen LogP contribution >= 0.6 is 34.8 Å². The van der Waals surface area contributed by atoms with Crippen molar-refractivity contribution in [1.29, 1.82) is 0 Å². The Balaban J connectivity index is 3.02. The van der Waals surface area contributed by atoms with Gasteiger partial charge in [0.1, 0.15) is 5.82 Å². The molecule has 0 heterocycles. The molecule has 0 saturated heterocycles. The lowest BCUT2D eigenvalue weighted by Gasteiger charge is -2.28. The highest BCUT2D eigenvalue weighted by Crippen LogP contribution is 2.33. The maximum absolute atomic E-state index is 13.6. The second-order valence-corrected chi connectivity index (χ2v) is 4.94. The molecular weight excluding hydrogens is 269 g/mol. The monoisotopic (exact) mass is 282 g/mol. The van der Waals surface area contributed by atoms with Gasteiger partial charge in [-0.3, -0.25) is 0 Å². The van der Waals surface area contributed by atoms with Crippen molar-refractivity contribution in [3.05, 3.63) is 34.6 Å². The lowest BCUT2D eigenvalue weighted by molar-refractivity contribution is 0.356. The third-order valence-electron chi connectivity index (χ3n) is 2.93. The Morgan fingerprint density at radius 1 is 1.25 bits per heavy atom. The number of rotatable bonds is 5. The molecule has 0 bridgehead atoms. The van der Waals surface area contributed by atoms with Crippen molar-refractivity contribution in [2.24, 2.45) is 5.41 Å². The highest BCUT2D eigenvalue weighted by Gasteiger charge is 2.28. The third kappa shape index (κ3) is 3.03. The standard InChI is InChI=1S/C12H14Cl3F/c1-2-12(7-13,8-14)6-9-10(15)4-3-5-11(9)16/h3-5H,2,6-8H2,1H3. The van der Waals surface area contributed by atoms with Gasteiger partial charge in [-0.05, 0) is 25.0 Å². The van der Waals surface area contributed by atoms with Gasteiger partial charge in [0.15, 0.2) is 0 Å². The summed E-state index contributed by atoms with van der Waals surface area (Å²) in [6, 6.07) is 4.68. The second kappa shape index (κ2) is 6.09. The minimum absolute atomic E-state index is 0.283. The minimum atomic E-state index is -0.291. The van der Waals surface area contributed by atoms with Crippen LogP contribution in [0.2, 0.25) is 5.02 Å². The van der Waals surface area contributed by atoms with Crippen LogP contribution < -0.4 is 0 Å². The van der Waals surface area contributed by atoms with Crippen molar-refractivity contribution in [2.45, 2.75) is 19.8 Å². The van der Waals surface area contributed by atoms with E-state index in [-0.39, 0.29) is 11.2 Å². The molecule has 0 nitrogen and oxygen atoms in total. The molecule has 1 aromatic rings.